The van der Waals surface area contributed by atoms with Gasteiger partial charge in [0.25, 0.3) is 5.91 Å². The Bertz CT molecular complexity index is 692. The quantitative estimate of drug-likeness (QED) is 0.752. The second-order valence-electron chi connectivity index (χ2n) is 3.80. The van der Waals surface area contributed by atoms with Crippen LogP contribution in [0.3, 0.4) is 0 Å². The molecular weight excluding hydrogens is 331 g/mol. The molecule has 7 heteroatoms. The molecule has 0 aliphatic rings. The number of benzene rings is 2. The molecule has 0 aliphatic carbocycles. The predicted molar refractivity (Wildman–Crippen MR) is 75.8 cm³/mol. The lowest BCUT2D eigenvalue weighted by atomic mass is 10.2. The molecule has 0 bridgehead atoms. The average molecular weight is 337 g/mol. The summed E-state index contributed by atoms with van der Waals surface area (Å²) in [7, 11) is 0. The third-order valence-electron chi connectivity index (χ3n) is 2.45. The second kappa shape index (κ2) is 5.95. The molecule has 0 saturated carbocycles. The van der Waals surface area contributed by atoms with Crippen LogP contribution in [0, 0.1) is 11.6 Å². The van der Waals surface area contributed by atoms with Gasteiger partial charge < -0.3 is 5.32 Å². The standard InChI is InChI=1S/C13H6Cl3F2NO/c14-7-2-1-3-11(12(7)16)19-13(20)6-4-9(17)10(18)5-8(6)15/h1-5H,(H,19,20). The van der Waals surface area contributed by atoms with Gasteiger partial charge in [0.05, 0.1) is 26.3 Å². The van der Waals surface area contributed by atoms with Crippen molar-refractivity contribution in [1.29, 1.82) is 0 Å². The molecule has 2 nitrogen and oxygen atoms in total. The Hall–Kier alpha value is -1.36. The fourth-order valence-electron chi connectivity index (χ4n) is 1.49. The summed E-state index contributed by atoms with van der Waals surface area (Å²) in [6.45, 7) is 0. The fraction of sp³-hybridized carbons (Fsp3) is 0. The average Bonchev–Trinajstić information content (AvgIpc) is 2.39. The third-order valence-corrected chi connectivity index (χ3v) is 3.59. The zero-order valence-corrected chi connectivity index (χ0v) is 12.0. The summed E-state index contributed by atoms with van der Waals surface area (Å²) in [6, 6.07) is 6.08. The molecule has 0 atom stereocenters. The molecule has 1 amide bonds. The molecule has 0 spiro atoms. The van der Waals surface area contributed by atoms with Crippen molar-refractivity contribution in [2.75, 3.05) is 5.32 Å². The van der Waals surface area contributed by atoms with Crippen LogP contribution in [0.25, 0.3) is 0 Å². The number of anilines is 1. The zero-order chi connectivity index (χ0) is 14.9. The van der Waals surface area contributed by atoms with E-state index in [4.69, 9.17) is 34.8 Å². The minimum Gasteiger partial charge on any atom is -0.321 e. The summed E-state index contributed by atoms with van der Waals surface area (Å²) in [4.78, 5) is 12.0. The maximum Gasteiger partial charge on any atom is 0.257 e. The lowest BCUT2D eigenvalue weighted by Crippen LogP contribution is -2.13. The van der Waals surface area contributed by atoms with Crippen LogP contribution in [-0.2, 0) is 0 Å². The second-order valence-corrected chi connectivity index (χ2v) is 4.99. The molecule has 2 rings (SSSR count). The van der Waals surface area contributed by atoms with E-state index >= 15 is 0 Å². The Morgan fingerprint density at radius 3 is 2.35 bits per heavy atom. The highest BCUT2D eigenvalue weighted by Crippen LogP contribution is 2.30. The Morgan fingerprint density at radius 2 is 1.65 bits per heavy atom. The maximum absolute atomic E-state index is 13.1. The first-order chi connectivity index (χ1) is 9.40. The Morgan fingerprint density at radius 1 is 1.00 bits per heavy atom. The first kappa shape index (κ1) is 15.0. The molecule has 2 aromatic carbocycles. The van der Waals surface area contributed by atoms with Crippen LogP contribution < -0.4 is 5.32 Å². The molecule has 0 aromatic heterocycles. The van der Waals surface area contributed by atoms with Gasteiger partial charge in [0, 0.05) is 0 Å². The van der Waals surface area contributed by atoms with E-state index in [1.165, 1.54) is 6.07 Å². The third kappa shape index (κ3) is 3.03. The molecule has 104 valence electrons. The Kier molecular flexibility index (Phi) is 4.48. The van der Waals surface area contributed by atoms with Crippen molar-refractivity contribution < 1.29 is 13.6 Å². The minimum atomic E-state index is -1.17. The van der Waals surface area contributed by atoms with Gasteiger partial charge in [-0.05, 0) is 24.3 Å². The van der Waals surface area contributed by atoms with Crippen LogP contribution in [0.5, 0.6) is 0 Å². The van der Waals surface area contributed by atoms with Crippen molar-refractivity contribution in [2.24, 2.45) is 0 Å². The van der Waals surface area contributed by atoms with Gasteiger partial charge in [0.1, 0.15) is 0 Å². The summed E-state index contributed by atoms with van der Waals surface area (Å²) in [5.74, 6) is -3.03. The zero-order valence-electron chi connectivity index (χ0n) is 9.68. The van der Waals surface area contributed by atoms with E-state index < -0.39 is 17.5 Å². The molecular formula is C13H6Cl3F2NO. The monoisotopic (exact) mass is 335 g/mol. The van der Waals surface area contributed by atoms with Crippen molar-refractivity contribution in [3.63, 3.8) is 0 Å². The van der Waals surface area contributed by atoms with Gasteiger partial charge in [0.15, 0.2) is 11.6 Å². The van der Waals surface area contributed by atoms with Crippen LogP contribution in [0.15, 0.2) is 30.3 Å². The van der Waals surface area contributed by atoms with Crippen LogP contribution >= 0.6 is 34.8 Å². The largest absolute Gasteiger partial charge is 0.321 e. The number of carbonyl (C=O) groups is 1. The van der Waals surface area contributed by atoms with Crippen molar-refractivity contribution in [3.8, 4) is 0 Å². The Balaban J connectivity index is 2.33. The SMILES string of the molecule is O=C(Nc1cccc(Cl)c1Cl)c1cc(F)c(F)cc1Cl. The van der Waals surface area contributed by atoms with Gasteiger partial charge in [0.2, 0.25) is 0 Å². The lowest BCUT2D eigenvalue weighted by Gasteiger charge is -2.09. The van der Waals surface area contributed by atoms with Crippen molar-refractivity contribution in [1.82, 2.24) is 0 Å². The number of carbonyl (C=O) groups excluding carboxylic acids is 1. The highest BCUT2D eigenvalue weighted by atomic mass is 35.5. The highest BCUT2D eigenvalue weighted by Gasteiger charge is 2.16. The molecule has 0 unspecified atom stereocenters. The maximum atomic E-state index is 13.1. The number of halogens is 5. The normalized spacial score (nSPS) is 10.4. The molecule has 0 saturated heterocycles. The molecule has 2 aromatic rings. The molecule has 20 heavy (non-hydrogen) atoms. The first-order valence-corrected chi connectivity index (χ1v) is 6.43. The predicted octanol–water partition coefficient (Wildman–Crippen LogP) is 5.18. The van der Waals surface area contributed by atoms with E-state index in [2.05, 4.69) is 5.32 Å². The van der Waals surface area contributed by atoms with Crippen molar-refractivity contribution >= 4 is 46.4 Å². The van der Waals surface area contributed by atoms with Crippen LogP contribution in [-0.4, -0.2) is 5.91 Å². The molecule has 0 fully saturated rings. The smallest absolute Gasteiger partial charge is 0.257 e. The van der Waals surface area contributed by atoms with Crippen LogP contribution in [0.4, 0.5) is 14.5 Å². The summed E-state index contributed by atoms with van der Waals surface area (Å²) in [6.07, 6.45) is 0. The van der Waals surface area contributed by atoms with Gasteiger partial charge in [-0.1, -0.05) is 40.9 Å². The van der Waals surface area contributed by atoms with Crippen LogP contribution in [0.1, 0.15) is 10.4 Å². The fourth-order valence-corrected chi connectivity index (χ4v) is 2.07. The van der Waals surface area contributed by atoms with E-state index in [0.717, 1.165) is 6.07 Å². The van der Waals surface area contributed by atoms with Crippen molar-refractivity contribution in [2.45, 2.75) is 0 Å². The first-order valence-electron chi connectivity index (χ1n) is 5.30. The van der Waals surface area contributed by atoms with Gasteiger partial charge in [-0.25, -0.2) is 8.78 Å². The molecule has 0 radical (unpaired) electrons. The number of nitrogens with one attached hydrogen (secondary N) is 1. The van der Waals surface area contributed by atoms with Gasteiger partial charge in [-0.3, -0.25) is 4.79 Å². The van der Waals surface area contributed by atoms with E-state index in [0.29, 0.717) is 6.07 Å². The minimum absolute atomic E-state index is 0.140. The summed E-state index contributed by atoms with van der Waals surface area (Å²) in [5.41, 5.74) is 0.0339. The number of hydrogen-bond acceptors (Lipinski definition) is 1. The Labute approximate surface area is 128 Å². The molecule has 0 aliphatic heterocycles. The molecule has 0 heterocycles. The number of hydrogen-bond donors (Lipinski definition) is 1. The summed E-state index contributed by atoms with van der Waals surface area (Å²) >= 11 is 17.4. The van der Waals surface area contributed by atoms with Gasteiger partial charge >= 0.3 is 0 Å². The van der Waals surface area contributed by atoms with Gasteiger partial charge in [-0.2, -0.15) is 0 Å². The number of amides is 1. The van der Waals surface area contributed by atoms with Gasteiger partial charge in [-0.15, -0.1) is 0 Å². The van der Waals surface area contributed by atoms with Crippen molar-refractivity contribution in [3.05, 3.63) is 62.6 Å². The topological polar surface area (TPSA) is 29.1 Å². The van der Waals surface area contributed by atoms with E-state index in [-0.39, 0.29) is 26.3 Å². The number of rotatable bonds is 2. The summed E-state index contributed by atoms with van der Waals surface area (Å²) < 4.78 is 26.1. The van der Waals surface area contributed by atoms with Crippen LogP contribution in [0.2, 0.25) is 15.1 Å². The lowest BCUT2D eigenvalue weighted by molar-refractivity contribution is 0.102. The molecule has 1 N–H and O–H groups in total. The van der Waals surface area contributed by atoms with E-state index in [1.807, 2.05) is 0 Å². The van der Waals surface area contributed by atoms with E-state index in [9.17, 15) is 13.6 Å². The summed E-state index contributed by atoms with van der Waals surface area (Å²) in [5, 5.41) is 2.61. The highest BCUT2D eigenvalue weighted by molar-refractivity contribution is 6.44. The van der Waals surface area contributed by atoms with E-state index in [1.54, 1.807) is 12.1 Å².